The minimum absolute atomic E-state index is 0.176. The molecule has 0 radical (unpaired) electrons. The Hall–Kier alpha value is -1.39. The molecule has 1 aromatic heterocycles. The van der Waals surface area contributed by atoms with E-state index < -0.39 is 0 Å². The van der Waals surface area contributed by atoms with Crippen molar-refractivity contribution in [3.63, 3.8) is 0 Å². The number of nitrogens with two attached hydrogens (primary N) is 1. The quantitative estimate of drug-likeness (QED) is 0.830. The number of benzene rings is 1. The van der Waals surface area contributed by atoms with Crippen LogP contribution in [0.25, 0.3) is 5.69 Å². The Morgan fingerprint density at radius 3 is 2.56 bits per heavy atom. The predicted molar refractivity (Wildman–Crippen MR) is 63.5 cm³/mol. The van der Waals surface area contributed by atoms with Crippen LogP contribution in [0.3, 0.4) is 0 Å². The fraction of sp³-hybridized carbons (Fsp3) is 0.273. The first-order valence-electron chi connectivity index (χ1n) is 5.05. The molecule has 0 aliphatic rings. The molecule has 16 heavy (non-hydrogen) atoms. The third-order valence-electron chi connectivity index (χ3n) is 2.30. The number of para-hydroxylation sites is 1. The summed E-state index contributed by atoms with van der Waals surface area (Å²) in [6.45, 7) is 1.88. The molecule has 1 atom stereocenters. The summed E-state index contributed by atoms with van der Waals surface area (Å²) >= 11 is 5.84. The van der Waals surface area contributed by atoms with E-state index in [9.17, 15) is 0 Å². The summed E-state index contributed by atoms with van der Waals surface area (Å²) in [5, 5.41) is 8.10. The summed E-state index contributed by atoms with van der Waals surface area (Å²) in [5.41, 5.74) is 6.84. The summed E-state index contributed by atoms with van der Waals surface area (Å²) < 4.78 is 1.90. The van der Waals surface area contributed by atoms with Crippen LogP contribution in [0.15, 0.2) is 30.3 Å². The minimum Gasteiger partial charge on any atom is -0.322 e. The summed E-state index contributed by atoms with van der Waals surface area (Å²) in [6.07, 6.45) is 0. The largest absolute Gasteiger partial charge is 0.322 e. The molecule has 2 rings (SSSR count). The number of nitrogens with zero attached hydrogens (tertiary/aromatic N) is 3. The highest BCUT2D eigenvalue weighted by Crippen LogP contribution is 2.17. The Morgan fingerprint density at radius 2 is 2.00 bits per heavy atom. The summed E-state index contributed by atoms with van der Waals surface area (Å²) in [7, 11) is 0. The SMILES string of the molecule is CC(N)c1nnc(CCl)n1-c1ccccc1. The summed E-state index contributed by atoms with van der Waals surface area (Å²) in [5.74, 6) is 1.75. The van der Waals surface area contributed by atoms with E-state index in [1.165, 1.54) is 0 Å². The fourth-order valence-electron chi connectivity index (χ4n) is 1.57. The molecule has 0 saturated carbocycles. The maximum atomic E-state index is 5.85. The lowest BCUT2D eigenvalue weighted by Crippen LogP contribution is -2.13. The van der Waals surface area contributed by atoms with Crippen LogP contribution in [0.5, 0.6) is 0 Å². The van der Waals surface area contributed by atoms with Gasteiger partial charge in [0.15, 0.2) is 11.6 Å². The second-order valence-corrected chi connectivity index (χ2v) is 3.83. The Bertz CT molecular complexity index is 464. The number of halogens is 1. The molecule has 2 N–H and O–H groups in total. The lowest BCUT2D eigenvalue weighted by atomic mass is 10.3. The molecule has 0 aliphatic carbocycles. The van der Waals surface area contributed by atoms with Crippen molar-refractivity contribution in [3.05, 3.63) is 42.0 Å². The lowest BCUT2D eigenvalue weighted by Gasteiger charge is -2.10. The van der Waals surface area contributed by atoms with Gasteiger partial charge >= 0.3 is 0 Å². The summed E-state index contributed by atoms with van der Waals surface area (Å²) in [6, 6.07) is 9.65. The molecule has 0 aliphatic heterocycles. The average Bonchev–Trinajstić information content (AvgIpc) is 2.73. The van der Waals surface area contributed by atoms with E-state index in [0.717, 1.165) is 11.5 Å². The molecule has 0 fully saturated rings. The van der Waals surface area contributed by atoms with E-state index in [4.69, 9.17) is 17.3 Å². The Morgan fingerprint density at radius 1 is 1.31 bits per heavy atom. The molecule has 4 nitrogen and oxygen atoms in total. The van der Waals surface area contributed by atoms with Gasteiger partial charge in [-0.05, 0) is 19.1 Å². The van der Waals surface area contributed by atoms with Crippen LogP contribution < -0.4 is 5.73 Å². The molecule has 1 aromatic carbocycles. The van der Waals surface area contributed by atoms with E-state index in [0.29, 0.717) is 11.7 Å². The normalized spacial score (nSPS) is 12.7. The molecule has 0 bridgehead atoms. The third kappa shape index (κ3) is 1.94. The maximum Gasteiger partial charge on any atom is 0.154 e. The van der Waals surface area contributed by atoms with Crippen molar-refractivity contribution in [2.24, 2.45) is 5.73 Å². The monoisotopic (exact) mass is 236 g/mol. The molecule has 2 aromatic rings. The standard InChI is InChI=1S/C11H13ClN4/c1-8(13)11-15-14-10(7-12)16(11)9-5-3-2-4-6-9/h2-6,8H,7,13H2,1H3. The van der Waals surface area contributed by atoms with Gasteiger partial charge in [0.2, 0.25) is 0 Å². The van der Waals surface area contributed by atoms with Gasteiger partial charge in [0.25, 0.3) is 0 Å². The Kier molecular flexibility index (Phi) is 3.22. The van der Waals surface area contributed by atoms with Crippen molar-refractivity contribution < 1.29 is 0 Å². The molecule has 0 spiro atoms. The van der Waals surface area contributed by atoms with Crippen molar-refractivity contribution >= 4 is 11.6 Å². The van der Waals surface area contributed by atoms with Crippen LogP contribution in [-0.2, 0) is 5.88 Å². The highest BCUT2D eigenvalue weighted by Gasteiger charge is 2.15. The molecule has 84 valence electrons. The summed E-state index contributed by atoms with van der Waals surface area (Å²) in [4.78, 5) is 0. The van der Waals surface area contributed by atoms with E-state index in [1.807, 2.05) is 41.8 Å². The molecule has 0 saturated heterocycles. The van der Waals surface area contributed by atoms with Crippen LogP contribution in [0.4, 0.5) is 0 Å². The van der Waals surface area contributed by atoms with E-state index in [2.05, 4.69) is 10.2 Å². The molecule has 0 amide bonds. The van der Waals surface area contributed by atoms with Gasteiger partial charge in [0.1, 0.15) is 0 Å². The second-order valence-electron chi connectivity index (χ2n) is 3.57. The zero-order valence-electron chi connectivity index (χ0n) is 8.97. The van der Waals surface area contributed by atoms with Gasteiger partial charge < -0.3 is 5.73 Å². The van der Waals surface area contributed by atoms with E-state index in [-0.39, 0.29) is 6.04 Å². The first kappa shape index (κ1) is 11.1. The van der Waals surface area contributed by atoms with Gasteiger partial charge in [-0.25, -0.2) is 0 Å². The Labute approximate surface area is 99.1 Å². The van der Waals surface area contributed by atoms with Crippen molar-refractivity contribution in [1.82, 2.24) is 14.8 Å². The first-order chi connectivity index (χ1) is 7.74. The number of aromatic nitrogens is 3. The van der Waals surface area contributed by atoms with Crippen LogP contribution in [0.1, 0.15) is 24.6 Å². The number of alkyl halides is 1. The molecule has 5 heteroatoms. The average molecular weight is 237 g/mol. The third-order valence-corrected chi connectivity index (χ3v) is 2.54. The molecule has 1 heterocycles. The van der Waals surface area contributed by atoms with Gasteiger partial charge in [-0.3, -0.25) is 4.57 Å². The Balaban J connectivity index is 2.57. The van der Waals surface area contributed by atoms with Gasteiger partial charge in [-0.2, -0.15) is 0 Å². The lowest BCUT2D eigenvalue weighted by molar-refractivity contribution is 0.711. The highest BCUT2D eigenvalue weighted by atomic mass is 35.5. The van der Waals surface area contributed by atoms with Gasteiger partial charge in [0.05, 0.1) is 11.9 Å². The van der Waals surface area contributed by atoms with Crippen molar-refractivity contribution in [3.8, 4) is 5.69 Å². The van der Waals surface area contributed by atoms with Crippen LogP contribution in [0.2, 0.25) is 0 Å². The van der Waals surface area contributed by atoms with E-state index in [1.54, 1.807) is 0 Å². The van der Waals surface area contributed by atoms with Crippen molar-refractivity contribution in [1.29, 1.82) is 0 Å². The topological polar surface area (TPSA) is 56.7 Å². The first-order valence-corrected chi connectivity index (χ1v) is 5.58. The number of hydrogen-bond acceptors (Lipinski definition) is 3. The fourth-order valence-corrected chi connectivity index (χ4v) is 1.74. The second kappa shape index (κ2) is 4.63. The van der Waals surface area contributed by atoms with E-state index >= 15 is 0 Å². The molecular formula is C11H13ClN4. The zero-order chi connectivity index (χ0) is 11.5. The number of hydrogen-bond donors (Lipinski definition) is 1. The van der Waals surface area contributed by atoms with Crippen LogP contribution >= 0.6 is 11.6 Å². The minimum atomic E-state index is -0.176. The smallest absolute Gasteiger partial charge is 0.154 e. The van der Waals surface area contributed by atoms with Gasteiger partial charge in [0, 0.05) is 5.69 Å². The molecular weight excluding hydrogens is 224 g/mol. The van der Waals surface area contributed by atoms with Crippen molar-refractivity contribution in [2.45, 2.75) is 18.8 Å². The van der Waals surface area contributed by atoms with Crippen molar-refractivity contribution in [2.75, 3.05) is 0 Å². The highest BCUT2D eigenvalue weighted by molar-refractivity contribution is 6.16. The zero-order valence-corrected chi connectivity index (χ0v) is 9.72. The van der Waals surface area contributed by atoms with Crippen LogP contribution in [-0.4, -0.2) is 14.8 Å². The van der Waals surface area contributed by atoms with Gasteiger partial charge in [-0.15, -0.1) is 21.8 Å². The predicted octanol–water partition coefficient (Wildman–Crippen LogP) is 2.03. The van der Waals surface area contributed by atoms with Crippen LogP contribution in [0, 0.1) is 0 Å². The van der Waals surface area contributed by atoms with Gasteiger partial charge in [-0.1, -0.05) is 18.2 Å². The number of rotatable bonds is 3. The maximum absolute atomic E-state index is 5.85. The molecule has 1 unspecified atom stereocenters.